The van der Waals surface area contributed by atoms with E-state index in [4.69, 9.17) is 0 Å². The predicted molar refractivity (Wildman–Crippen MR) is 66.1 cm³/mol. The first-order chi connectivity index (χ1) is 9.36. The number of hydrogen-bond acceptors (Lipinski definition) is 4. The van der Waals surface area contributed by atoms with Crippen LogP contribution >= 0.6 is 0 Å². The summed E-state index contributed by atoms with van der Waals surface area (Å²) in [4.78, 5) is 8.01. The molecule has 0 amide bonds. The van der Waals surface area contributed by atoms with Crippen molar-refractivity contribution >= 4 is 0 Å². The quantitative estimate of drug-likeness (QED) is 0.935. The molecule has 0 saturated carbocycles. The van der Waals surface area contributed by atoms with E-state index in [1.807, 2.05) is 13.8 Å². The minimum Gasteiger partial charge on any atom is -0.310 e. The van der Waals surface area contributed by atoms with Crippen molar-refractivity contribution in [3.63, 3.8) is 0 Å². The summed E-state index contributed by atoms with van der Waals surface area (Å²) in [6.45, 7) is 4.63. The lowest BCUT2D eigenvalue weighted by atomic mass is 10.3. The van der Waals surface area contributed by atoms with Crippen molar-refractivity contribution in [1.29, 1.82) is 0 Å². The third-order valence-corrected chi connectivity index (χ3v) is 2.52. The number of alkyl halides is 3. The van der Waals surface area contributed by atoms with Gasteiger partial charge in [0.25, 0.3) is 0 Å². The Hall–Kier alpha value is -1.96. The SMILES string of the molecule is CC(C)NCc1cnc(-n2cc(C(F)(F)F)cn2)nc1. The zero-order valence-electron chi connectivity index (χ0n) is 11.0. The van der Waals surface area contributed by atoms with E-state index in [9.17, 15) is 13.2 Å². The first-order valence-electron chi connectivity index (χ1n) is 6.03. The summed E-state index contributed by atoms with van der Waals surface area (Å²) in [7, 11) is 0. The first-order valence-corrected chi connectivity index (χ1v) is 6.03. The van der Waals surface area contributed by atoms with Crippen LogP contribution in [0.3, 0.4) is 0 Å². The predicted octanol–water partition coefficient (Wildman–Crippen LogP) is 2.18. The van der Waals surface area contributed by atoms with Crippen LogP contribution in [0.1, 0.15) is 25.0 Å². The molecule has 0 aliphatic heterocycles. The molecule has 0 aliphatic carbocycles. The van der Waals surface area contributed by atoms with E-state index in [0.29, 0.717) is 12.6 Å². The Morgan fingerprint density at radius 3 is 2.35 bits per heavy atom. The van der Waals surface area contributed by atoms with E-state index >= 15 is 0 Å². The number of nitrogens with one attached hydrogen (secondary N) is 1. The highest BCUT2D eigenvalue weighted by Crippen LogP contribution is 2.28. The van der Waals surface area contributed by atoms with E-state index in [2.05, 4.69) is 20.4 Å². The lowest BCUT2D eigenvalue weighted by Crippen LogP contribution is -2.22. The summed E-state index contributed by atoms with van der Waals surface area (Å²) in [5.41, 5.74) is 0.0253. The highest BCUT2D eigenvalue weighted by Gasteiger charge is 2.32. The monoisotopic (exact) mass is 285 g/mol. The average molecular weight is 285 g/mol. The summed E-state index contributed by atoms with van der Waals surface area (Å²) in [6.07, 6.45) is 0.317. The fraction of sp³-hybridized carbons (Fsp3) is 0.417. The highest BCUT2D eigenvalue weighted by molar-refractivity contribution is 5.18. The molecule has 5 nitrogen and oxygen atoms in total. The van der Waals surface area contributed by atoms with Crippen LogP contribution in [0.15, 0.2) is 24.8 Å². The van der Waals surface area contributed by atoms with Gasteiger partial charge in [0.1, 0.15) is 0 Å². The van der Waals surface area contributed by atoms with E-state index in [-0.39, 0.29) is 5.95 Å². The highest BCUT2D eigenvalue weighted by atomic mass is 19.4. The molecule has 2 rings (SSSR count). The first kappa shape index (κ1) is 14.4. The molecule has 0 unspecified atom stereocenters. The molecule has 20 heavy (non-hydrogen) atoms. The maximum atomic E-state index is 12.5. The molecule has 0 saturated heterocycles. The second kappa shape index (κ2) is 5.58. The molecule has 8 heteroatoms. The van der Waals surface area contributed by atoms with Crippen molar-refractivity contribution in [3.05, 3.63) is 35.9 Å². The summed E-state index contributed by atoms with van der Waals surface area (Å²) < 4.78 is 38.4. The van der Waals surface area contributed by atoms with Crippen LogP contribution in [-0.2, 0) is 12.7 Å². The van der Waals surface area contributed by atoms with Crippen LogP contribution in [0.2, 0.25) is 0 Å². The van der Waals surface area contributed by atoms with Crippen LogP contribution in [0.5, 0.6) is 0 Å². The summed E-state index contributed by atoms with van der Waals surface area (Å²) >= 11 is 0. The van der Waals surface area contributed by atoms with Crippen LogP contribution < -0.4 is 5.32 Å². The molecule has 0 bridgehead atoms. The van der Waals surface area contributed by atoms with Crippen LogP contribution in [0, 0.1) is 0 Å². The Balaban J connectivity index is 2.12. The summed E-state index contributed by atoms with van der Waals surface area (Å²) in [5.74, 6) is 0.105. The van der Waals surface area contributed by atoms with Crippen LogP contribution in [0.4, 0.5) is 13.2 Å². The largest absolute Gasteiger partial charge is 0.419 e. The maximum Gasteiger partial charge on any atom is 0.419 e. The Morgan fingerprint density at radius 1 is 1.20 bits per heavy atom. The Bertz CT molecular complexity index is 559. The fourth-order valence-electron chi connectivity index (χ4n) is 1.46. The van der Waals surface area contributed by atoms with Gasteiger partial charge in [0.05, 0.1) is 11.8 Å². The minimum absolute atomic E-state index is 0.105. The fourth-order valence-corrected chi connectivity index (χ4v) is 1.46. The molecule has 0 aromatic carbocycles. The third kappa shape index (κ3) is 3.53. The van der Waals surface area contributed by atoms with E-state index in [0.717, 1.165) is 22.6 Å². The van der Waals surface area contributed by atoms with Gasteiger partial charge in [-0.05, 0) is 0 Å². The molecule has 0 atom stereocenters. The normalized spacial score (nSPS) is 12.1. The molecule has 1 N–H and O–H groups in total. The van der Waals surface area contributed by atoms with Crippen molar-refractivity contribution in [2.75, 3.05) is 0 Å². The van der Waals surface area contributed by atoms with Gasteiger partial charge in [0, 0.05) is 36.7 Å². The average Bonchev–Trinajstić information content (AvgIpc) is 2.86. The van der Waals surface area contributed by atoms with Gasteiger partial charge in [0.2, 0.25) is 5.95 Å². The number of nitrogens with zero attached hydrogens (tertiary/aromatic N) is 4. The van der Waals surface area contributed by atoms with Crippen molar-refractivity contribution in [2.45, 2.75) is 32.6 Å². The standard InChI is InChI=1S/C12H14F3N5/c1-8(2)16-3-9-4-17-11(18-5-9)20-7-10(6-19-20)12(13,14)15/h4-8,16H,3H2,1-2H3. The molecule has 108 valence electrons. The van der Waals surface area contributed by atoms with Crippen molar-refractivity contribution in [3.8, 4) is 5.95 Å². The number of rotatable bonds is 4. The van der Waals surface area contributed by atoms with Gasteiger partial charge >= 0.3 is 6.18 Å². The second-order valence-corrected chi connectivity index (χ2v) is 4.60. The van der Waals surface area contributed by atoms with Gasteiger partial charge in [-0.15, -0.1) is 0 Å². The van der Waals surface area contributed by atoms with Crippen molar-refractivity contribution in [1.82, 2.24) is 25.1 Å². The van der Waals surface area contributed by atoms with E-state index in [1.54, 1.807) is 12.4 Å². The lowest BCUT2D eigenvalue weighted by molar-refractivity contribution is -0.137. The molecule has 2 aromatic rings. The van der Waals surface area contributed by atoms with Gasteiger partial charge in [-0.25, -0.2) is 14.6 Å². The zero-order chi connectivity index (χ0) is 14.8. The lowest BCUT2D eigenvalue weighted by Gasteiger charge is -2.07. The number of hydrogen-bond donors (Lipinski definition) is 1. The van der Waals surface area contributed by atoms with Crippen molar-refractivity contribution in [2.24, 2.45) is 0 Å². The summed E-state index contributed by atoms with van der Waals surface area (Å²) in [6, 6.07) is 0.329. The smallest absolute Gasteiger partial charge is 0.310 e. The summed E-state index contributed by atoms with van der Waals surface area (Å²) in [5, 5.41) is 6.81. The molecule has 2 aromatic heterocycles. The molecule has 0 aliphatic rings. The zero-order valence-corrected chi connectivity index (χ0v) is 11.0. The second-order valence-electron chi connectivity index (χ2n) is 4.60. The number of aromatic nitrogens is 4. The van der Waals surface area contributed by atoms with Gasteiger partial charge < -0.3 is 5.32 Å². The topological polar surface area (TPSA) is 55.6 Å². The van der Waals surface area contributed by atoms with E-state index in [1.165, 1.54) is 0 Å². The van der Waals surface area contributed by atoms with Crippen LogP contribution in [-0.4, -0.2) is 25.8 Å². The van der Waals surface area contributed by atoms with Crippen molar-refractivity contribution < 1.29 is 13.2 Å². The molecular formula is C12H14F3N5. The number of halogens is 3. The van der Waals surface area contributed by atoms with Gasteiger partial charge in [-0.2, -0.15) is 18.3 Å². The third-order valence-electron chi connectivity index (χ3n) is 2.52. The Morgan fingerprint density at radius 2 is 1.85 bits per heavy atom. The van der Waals surface area contributed by atoms with Crippen LogP contribution in [0.25, 0.3) is 5.95 Å². The minimum atomic E-state index is -4.42. The van der Waals surface area contributed by atoms with E-state index < -0.39 is 11.7 Å². The van der Waals surface area contributed by atoms with Gasteiger partial charge in [-0.3, -0.25) is 0 Å². The molecule has 0 spiro atoms. The molecular weight excluding hydrogens is 271 g/mol. The maximum absolute atomic E-state index is 12.5. The Kier molecular flexibility index (Phi) is 4.03. The Labute approximate surface area is 113 Å². The molecule has 2 heterocycles. The molecule has 0 fully saturated rings. The van der Waals surface area contributed by atoms with Gasteiger partial charge in [0.15, 0.2) is 0 Å². The van der Waals surface area contributed by atoms with Gasteiger partial charge in [-0.1, -0.05) is 13.8 Å². The molecule has 0 radical (unpaired) electrons.